The predicted molar refractivity (Wildman–Crippen MR) is 109 cm³/mol. The molecule has 0 aliphatic carbocycles. The van der Waals surface area contributed by atoms with Gasteiger partial charge in [0.05, 0.1) is 6.42 Å². The summed E-state index contributed by atoms with van der Waals surface area (Å²) in [7, 11) is 0. The van der Waals surface area contributed by atoms with Crippen molar-refractivity contribution < 1.29 is 19.2 Å². The second kappa shape index (κ2) is 14.5. The summed E-state index contributed by atoms with van der Waals surface area (Å²) in [5.41, 5.74) is 0. The molecular weight excluding hydrogens is 342 g/mol. The van der Waals surface area contributed by atoms with Crippen molar-refractivity contribution in [1.29, 1.82) is 0 Å². The lowest BCUT2D eigenvalue weighted by Gasteiger charge is -2.30. The van der Waals surface area contributed by atoms with Crippen LogP contribution in [0.15, 0.2) is 0 Å². The van der Waals surface area contributed by atoms with E-state index in [2.05, 4.69) is 27.7 Å². The number of rotatable bonds is 16. The first-order chi connectivity index (χ1) is 12.8. The van der Waals surface area contributed by atoms with Gasteiger partial charge in [-0.2, -0.15) is 0 Å². The molecule has 0 fully saturated rings. The number of amides is 1. The van der Waals surface area contributed by atoms with Crippen LogP contribution in [0.3, 0.4) is 0 Å². The third-order valence-corrected chi connectivity index (χ3v) is 5.28. The third-order valence-electron chi connectivity index (χ3n) is 5.28. The van der Waals surface area contributed by atoms with Gasteiger partial charge in [0.1, 0.15) is 0 Å². The second-order valence-corrected chi connectivity index (χ2v) is 7.62. The van der Waals surface area contributed by atoms with Crippen LogP contribution < -0.4 is 0 Å². The molecule has 0 aliphatic rings. The number of hydrogen-bond donors (Lipinski definition) is 0. The van der Waals surface area contributed by atoms with Crippen molar-refractivity contribution in [2.24, 2.45) is 11.8 Å². The van der Waals surface area contributed by atoms with Crippen LogP contribution in [0.4, 0.5) is 0 Å². The van der Waals surface area contributed by atoms with E-state index in [1.165, 1.54) is 0 Å². The Bertz CT molecular complexity index is 469. The fourth-order valence-electron chi connectivity index (χ4n) is 3.22. The Balaban J connectivity index is 5.22. The number of ketones is 3. The molecule has 0 aromatic rings. The summed E-state index contributed by atoms with van der Waals surface area (Å²) in [6, 6.07) is 0. The predicted octanol–water partition coefficient (Wildman–Crippen LogP) is 4.37. The molecule has 0 spiro atoms. The summed E-state index contributed by atoms with van der Waals surface area (Å²) in [4.78, 5) is 49.4. The first-order valence-electron chi connectivity index (χ1n) is 10.7. The molecule has 0 N–H and O–H groups in total. The smallest absolute Gasteiger partial charge is 0.290 e. The van der Waals surface area contributed by atoms with Crippen LogP contribution in [0.5, 0.6) is 0 Å². The Hall–Kier alpha value is -1.52. The van der Waals surface area contributed by atoms with Gasteiger partial charge >= 0.3 is 0 Å². The molecule has 1 amide bonds. The molecule has 0 saturated carbocycles. The van der Waals surface area contributed by atoms with Gasteiger partial charge in [-0.3, -0.25) is 19.2 Å². The first-order valence-corrected chi connectivity index (χ1v) is 10.7. The zero-order valence-electron chi connectivity index (χ0n) is 18.0. The second-order valence-electron chi connectivity index (χ2n) is 7.62. The van der Waals surface area contributed by atoms with Crippen LogP contribution in [0.1, 0.15) is 92.4 Å². The number of nitrogens with zero attached hydrogens (tertiary/aromatic N) is 1. The van der Waals surface area contributed by atoms with E-state index in [0.717, 1.165) is 58.3 Å². The van der Waals surface area contributed by atoms with Gasteiger partial charge in [-0.05, 0) is 24.7 Å². The fraction of sp³-hybridized carbons (Fsp3) is 0.818. The quantitative estimate of drug-likeness (QED) is 0.294. The van der Waals surface area contributed by atoms with E-state index in [4.69, 9.17) is 0 Å². The minimum absolute atomic E-state index is 0.355. The Morgan fingerprint density at radius 3 is 1.52 bits per heavy atom. The zero-order valence-corrected chi connectivity index (χ0v) is 18.0. The molecule has 0 radical (unpaired) electrons. The lowest BCUT2D eigenvalue weighted by molar-refractivity contribution is -0.148. The average molecular weight is 382 g/mol. The number of unbranched alkanes of at least 4 members (excludes halogenated alkanes) is 2. The van der Waals surface area contributed by atoms with Gasteiger partial charge in [0, 0.05) is 20.0 Å². The van der Waals surface area contributed by atoms with Crippen LogP contribution in [0.25, 0.3) is 0 Å². The van der Waals surface area contributed by atoms with Crippen molar-refractivity contribution in [3.05, 3.63) is 0 Å². The van der Waals surface area contributed by atoms with Gasteiger partial charge in [-0.25, -0.2) is 0 Å². The summed E-state index contributed by atoms with van der Waals surface area (Å²) in [6.07, 6.45) is 7.77. The van der Waals surface area contributed by atoms with Crippen LogP contribution >= 0.6 is 0 Å². The summed E-state index contributed by atoms with van der Waals surface area (Å²) in [6.45, 7) is 10.7. The monoisotopic (exact) mass is 381 g/mol. The normalized spacial score (nSPS) is 13.1. The van der Waals surface area contributed by atoms with Gasteiger partial charge in [0.25, 0.3) is 5.91 Å². The average Bonchev–Trinajstić information content (AvgIpc) is 2.65. The Kier molecular flexibility index (Phi) is 13.7. The van der Waals surface area contributed by atoms with E-state index in [9.17, 15) is 19.2 Å². The highest BCUT2D eigenvalue weighted by Gasteiger charge is 2.28. The summed E-state index contributed by atoms with van der Waals surface area (Å²) < 4.78 is 0. The topological polar surface area (TPSA) is 71.5 Å². The molecule has 2 unspecified atom stereocenters. The minimum atomic E-state index is -0.788. The molecule has 0 aliphatic heterocycles. The molecule has 5 heteroatoms. The van der Waals surface area contributed by atoms with Crippen LogP contribution in [0, 0.1) is 11.8 Å². The van der Waals surface area contributed by atoms with Gasteiger partial charge in [0.2, 0.25) is 11.6 Å². The van der Waals surface area contributed by atoms with Crippen molar-refractivity contribution in [2.45, 2.75) is 92.4 Å². The van der Waals surface area contributed by atoms with Crippen molar-refractivity contribution in [3.8, 4) is 0 Å². The van der Waals surface area contributed by atoms with E-state index in [0.29, 0.717) is 24.9 Å². The molecular formula is C22H39NO4. The molecule has 2 atom stereocenters. The third kappa shape index (κ3) is 10.4. The van der Waals surface area contributed by atoms with Crippen LogP contribution in [-0.2, 0) is 19.2 Å². The molecule has 0 bridgehead atoms. The maximum atomic E-state index is 12.8. The molecule has 0 heterocycles. The van der Waals surface area contributed by atoms with E-state index in [-0.39, 0.29) is 0 Å². The molecule has 156 valence electrons. The van der Waals surface area contributed by atoms with E-state index < -0.39 is 29.7 Å². The summed E-state index contributed by atoms with van der Waals surface area (Å²) >= 11 is 0. The van der Waals surface area contributed by atoms with Gasteiger partial charge < -0.3 is 4.90 Å². The zero-order chi connectivity index (χ0) is 20.8. The van der Waals surface area contributed by atoms with Crippen LogP contribution in [0.2, 0.25) is 0 Å². The maximum absolute atomic E-state index is 12.8. The number of hydrogen-bond acceptors (Lipinski definition) is 4. The lowest BCUT2D eigenvalue weighted by atomic mass is 9.95. The SMILES string of the molecule is CCCCC(CC)CN(CC(CC)CCCC)C(=O)C(=O)CC(=O)C(C)=O. The van der Waals surface area contributed by atoms with E-state index in [1.807, 2.05) is 0 Å². The molecule has 0 aromatic carbocycles. The van der Waals surface area contributed by atoms with Gasteiger partial charge in [-0.1, -0.05) is 66.2 Å². The molecule has 0 aromatic heterocycles. The lowest BCUT2D eigenvalue weighted by Crippen LogP contribution is -2.43. The largest absolute Gasteiger partial charge is 0.336 e. The fourth-order valence-corrected chi connectivity index (χ4v) is 3.22. The Morgan fingerprint density at radius 2 is 1.19 bits per heavy atom. The highest BCUT2D eigenvalue weighted by atomic mass is 16.2. The summed E-state index contributed by atoms with van der Waals surface area (Å²) in [5, 5.41) is 0. The van der Waals surface area contributed by atoms with Crippen molar-refractivity contribution >= 4 is 23.3 Å². The highest BCUT2D eigenvalue weighted by molar-refractivity contribution is 6.47. The number of carbonyl (C=O) groups excluding carboxylic acids is 4. The maximum Gasteiger partial charge on any atom is 0.290 e. The van der Waals surface area contributed by atoms with E-state index >= 15 is 0 Å². The molecule has 0 rings (SSSR count). The Labute approximate surface area is 165 Å². The van der Waals surface area contributed by atoms with Gasteiger partial charge in [-0.15, -0.1) is 0 Å². The van der Waals surface area contributed by atoms with E-state index in [1.54, 1.807) is 4.90 Å². The molecule has 0 saturated heterocycles. The van der Waals surface area contributed by atoms with Crippen molar-refractivity contribution in [1.82, 2.24) is 4.90 Å². The van der Waals surface area contributed by atoms with Crippen molar-refractivity contribution in [3.63, 3.8) is 0 Å². The molecule has 5 nitrogen and oxygen atoms in total. The number of Topliss-reactive ketones (excluding diaryl/α,β-unsaturated/α-hetero) is 3. The standard InChI is InChI=1S/C22H39NO4/c1-6-10-12-18(8-3)15-23(16-19(9-4)13-11-7-2)22(27)21(26)14-20(25)17(5)24/h18-19H,6-16H2,1-5H3. The summed E-state index contributed by atoms with van der Waals surface area (Å²) in [5.74, 6) is -2.11. The first kappa shape index (κ1) is 25.5. The minimum Gasteiger partial charge on any atom is -0.336 e. The highest BCUT2D eigenvalue weighted by Crippen LogP contribution is 2.19. The Morgan fingerprint density at radius 1 is 0.741 bits per heavy atom. The molecule has 27 heavy (non-hydrogen) atoms. The number of carbonyl (C=O) groups is 4. The van der Waals surface area contributed by atoms with Gasteiger partial charge in [0.15, 0.2) is 5.78 Å². The van der Waals surface area contributed by atoms with Crippen molar-refractivity contribution in [2.75, 3.05) is 13.1 Å². The van der Waals surface area contributed by atoms with Crippen LogP contribution in [-0.4, -0.2) is 41.2 Å².